The maximum atomic E-state index is 12.6. The van der Waals surface area contributed by atoms with E-state index in [0.717, 1.165) is 4.70 Å². The van der Waals surface area contributed by atoms with Crippen LogP contribution in [0.2, 0.25) is 5.02 Å². The van der Waals surface area contributed by atoms with Crippen molar-refractivity contribution >= 4 is 50.8 Å². The lowest BCUT2D eigenvalue weighted by Gasteiger charge is -2.06. The molecule has 0 radical (unpaired) electrons. The zero-order chi connectivity index (χ0) is 20.3. The molecule has 0 saturated heterocycles. The van der Waals surface area contributed by atoms with Crippen molar-refractivity contribution in [2.75, 3.05) is 6.61 Å². The van der Waals surface area contributed by atoms with Gasteiger partial charge in [-0.3, -0.25) is 14.4 Å². The van der Waals surface area contributed by atoms with Gasteiger partial charge in [0.2, 0.25) is 0 Å². The van der Waals surface area contributed by atoms with Gasteiger partial charge in [0.15, 0.2) is 10.6 Å². The number of ketones is 1. The lowest BCUT2D eigenvalue weighted by Crippen LogP contribution is -2.23. The molecule has 0 aliphatic rings. The molecule has 28 heavy (non-hydrogen) atoms. The lowest BCUT2D eigenvalue weighted by molar-refractivity contribution is -0.143. The van der Waals surface area contributed by atoms with Gasteiger partial charge < -0.3 is 9.30 Å². The van der Waals surface area contributed by atoms with E-state index in [2.05, 4.69) is 4.99 Å². The highest BCUT2D eigenvalue weighted by atomic mass is 35.5. The molecule has 3 aromatic rings. The maximum absolute atomic E-state index is 12.6. The number of esters is 1. The molecule has 6 nitrogen and oxygen atoms in total. The summed E-state index contributed by atoms with van der Waals surface area (Å²) < 4.78 is 7.41. The topological polar surface area (TPSA) is 77.7 Å². The van der Waals surface area contributed by atoms with Gasteiger partial charge in [-0.25, -0.2) is 0 Å². The van der Waals surface area contributed by atoms with Crippen molar-refractivity contribution in [2.45, 2.75) is 20.4 Å². The molecule has 8 heteroatoms. The number of fused-ring (bicyclic) bond motifs is 1. The summed E-state index contributed by atoms with van der Waals surface area (Å²) in [6.07, 6.45) is 0. The van der Waals surface area contributed by atoms with Crippen LogP contribution in [0.1, 0.15) is 34.6 Å². The van der Waals surface area contributed by atoms with Crippen LogP contribution in [0.3, 0.4) is 0 Å². The summed E-state index contributed by atoms with van der Waals surface area (Å²) in [5.41, 5.74) is 1.49. The van der Waals surface area contributed by atoms with Crippen LogP contribution in [0, 0.1) is 0 Å². The van der Waals surface area contributed by atoms with Crippen LogP contribution in [0.15, 0.2) is 47.5 Å². The molecule has 1 aromatic heterocycles. The molecular weight excluding hydrogens is 400 g/mol. The van der Waals surface area contributed by atoms with Gasteiger partial charge in [-0.15, -0.1) is 0 Å². The van der Waals surface area contributed by atoms with Crippen LogP contribution in [-0.2, 0) is 16.1 Å². The SMILES string of the molecule is CCOC(=O)Cn1c(=NC(=O)c2ccc(C(C)=O)cc2)sc2cccc(Cl)c21. The summed E-state index contributed by atoms with van der Waals surface area (Å²) in [6.45, 7) is 3.33. The third-order valence-electron chi connectivity index (χ3n) is 3.98. The molecule has 0 spiro atoms. The average Bonchev–Trinajstić information content (AvgIpc) is 3.00. The van der Waals surface area contributed by atoms with Crippen molar-refractivity contribution in [2.24, 2.45) is 4.99 Å². The molecular formula is C20H17ClN2O4S. The summed E-state index contributed by atoms with van der Waals surface area (Å²) in [6, 6.07) is 11.6. The maximum Gasteiger partial charge on any atom is 0.326 e. The van der Waals surface area contributed by atoms with E-state index in [1.807, 2.05) is 6.07 Å². The first-order valence-electron chi connectivity index (χ1n) is 8.54. The molecule has 0 aliphatic heterocycles. The standard InChI is InChI=1S/C20H17ClN2O4S/c1-3-27-17(25)11-23-18-15(21)5-4-6-16(18)28-20(23)22-19(26)14-9-7-13(8-10-14)12(2)24/h4-10H,3,11H2,1-2H3. The van der Waals surface area contributed by atoms with E-state index in [-0.39, 0.29) is 18.9 Å². The van der Waals surface area contributed by atoms with E-state index in [0.29, 0.717) is 26.5 Å². The average molecular weight is 417 g/mol. The number of benzene rings is 2. The summed E-state index contributed by atoms with van der Waals surface area (Å²) in [5.74, 6) is -1.00. The lowest BCUT2D eigenvalue weighted by atomic mass is 10.1. The number of Topliss-reactive ketones (excluding diaryl/α,β-unsaturated/α-hetero) is 1. The smallest absolute Gasteiger partial charge is 0.326 e. The molecule has 0 saturated carbocycles. The van der Waals surface area contributed by atoms with Crippen LogP contribution >= 0.6 is 22.9 Å². The van der Waals surface area contributed by atoms with Crippen LogP contribution in [0.5, 0.6) is 0 Å². The zero-order valence-corrected chi connectivity index (χ0v) is 16.8. The fourth-order valence-corrected chi connectivity index (χ4v) is 4.04. The van der Waals surface area contributed by atoms with Gasteiger partial charge in [-0.1, -0.05) is 41.1 Å². The number of aromatic nitrogens is 1. The fourth-order valence-electron chi connectivity index (χ4n) is 2.65. The van der Waals surface area contributed by atoms with E-state index in [1.165, 1.54) is 18.3 Å². The monoisotopic (exact) mass is 416 g/mol. The normalized spacial score (nSPS) is 11.6. The van der Waals surface area contributed by atoms with Gasteiger partial charge in [0.1, 0.15) is 6.54 Å². The van der Waals surface area contributed by atoms with Gasteiger partial charge in [0.05, 0.1) is 21.8 Å². The molecule has 0 N–H and O–H groups in total. The van der Waals surface area contributed by atoms with Crippen molar-refractivity contribution in [1.82, 2.24) is 4.57 Å². The van der Waals surface area contributed by atoms with Crippen LogP contribution in [-0.4, -0.2) is 28.8 Å². The number of nitrogens with zero attached hydrogens (tertiary/aromatic N) is 2. The Hall–Kier alpha value is -2.77. The number of carbonyl (C=O) groups excluding carboxylic acids is 3. The largest absolute Gasteiger partial charge is 0.465 e. The third-order valence-corrected chi connectivity index (χ3v) is 5.33. The molecule has 144 valence electrons. The van der Waals surface area contributed by atoms with E-state index >= 15 is 0 Å². The van der Waals surface area contributed by atoms with Gasteiger partial charge in [0, 0.05) is 11.1 Å². The summed E-state index contributed by atoms with van der Waals surface area (Å²) in [7, 11) is 0. The fraction of sp³-hybridized carbons (Fsp3) is 0.200. The number of amides is 1. The zero-order valence-electron chi connectivity index (χ0n) is 15.3. The van der Waals surface area contributed by atoms with E-state index in [1.54, 1.807) is 47.9 Å². The van der Waals surface area contributed by atoms with Crippen LogP contribution < -0.4 is 4.80 Å². The second-order valence-corrected chi connectivity index (χ2v) is 7.33. The quantitative estimate of drug-likeness (QED) is 0.467. The first-order valence-corrected chi connectivity index (χ1v) is 9.73. The van der Waals surface area contributed by atoms with Crippen molar-refractivity contribution in [3.8, 4) is 0 Å². The molecule has 0 bridgehead atoms. The highest BCUT2D eigenvalue weighted by Gasteiger charge is 2.15. The highest BCUT2D eigenvalue weighted by molar-refractivity contribution is 7.16. The number of hydrogen-bond donors (Lipinski definition) is 0. The van der Waals surface area contributed by atoms with Crippen molar-refractivity contribution in [1.29, 1.82) is 0 Å². The Kier molecular flexibility index (Phi) is 6.06. The number of rotatable bonds is 5. The van der Waals surface area contributed by atoms with Gasteiger partial charge in [-0.2, -0.15) is 4.99 Å². The first-order chi connectivity index (χ1) is 13.4. The number of thiazole rings is 1. The Labute approximate surface area is 170 Å². The number of ether oxygens (including phenoxy) is 1. The van der Waals surface area contributed by atoms with Crippen molar-refractivity contribution in [3.63, 3.8) is 0 Å². The summed E-state index contributed by atoms with van der Waals surface area (Å²) >= 11 is 7.57. The van der Waals surface area contributed by atoms with Gasteiger partial charge in [-0.05, 0) is 38.1 Å². The molecule has 2 aromatic carbocycles. The van der Waals surface area contributed by atoms with Crippen LogP contribution in [0.25, 0.3) is 10.2 Å². The minimum absolute atomic E-state index is 0.0811. The molecule has 1 heterocycles. The number of para-hydroxylation sites is 1. The molecule has 1 amide bonds. The molecule has 0 aliphatic carbocycles. The predicted molar refractivity (Wildman–Crippen MR) is 108 cm³/mol. The van der Waals surface area contributed by atoms with E-state index in [9.17, 15) is 14.4 Å². The second-order valence-electron chi connectivity index (χ2n) is 5.91. The Balaban J connectivity index is 2.07. The Bertz CT molecular complexity index is 1130. The van der Waals surface area contributed by atoms with Gasteiger partial charge >= 0.3 is 5.97 Å². The molecule has 3 rings (SSSR count). The third kappa shape index (κ3) is 4.21. The number of hydrogen-bond acceptors (Lipinski definition) is 5. The Morgan fingerprint density at radius 2 is 1.79 bits per heavy atom. The summed E-state index contributed by atoms with van der Waals surface area (Å²) in [4.78, 5) is 40.6. The summed E-state index contributed by atoms with van der Waals surface area (Å²) in [5, 5.41) is 0.456. The van der Waals surface area contributed by atoms with E-state index < -0.39 is 11.9 Å². The molecule has 0 unspecified atom stereocenters. The number of halogens is 1. The van der Waals surface area contributed by atoms with Crippen LogP contribution in [0.4, 0.5) is 0 Å². The minimum atomic E-state index is -0.476. The van der Waals surface area contributed by atoms with Crippen molar-refractivity contribution in [3.05, 3.63) is 63.4 Å². The van der Waals surface area contributed by atoms with Gasteiger partial charge in [0.25, 0.3) is 5.91 Å². The predicted octanol–water partition coefficient (Wildman–Crippen LogP) is 3.86. The Morgan fingerprint density at radius 3 is 2.43 bits per heavy atom. The number of carbonyl (C=O) groups is 3. The van der Waals surface area contributed by atoms with E-state index in [4.69, 9.17) is 16.3 Å². The molecule has 0 fully saturated rings. The minimum Gasteiger partial charge on any atom is -0.465 e. The van der Waals surface area contributed by atoms with Crippen molar-refractivity contribution < 1.29 is 19.1 Å². The second kappa shape index (κ2) is 8.50. The Morgan fingerprint density at radius 1 is 1.11 bits per heavy atom. The first kappa shape index (κ1) is 20.0. The molecule has 0 atom stereocenters. The highest BCUT2D eigenvalue weighted by Crippen LogP contribution is 2.25.